The lowest BCUT2D eigenvalue weighted by Gasteiger charge is -2.56. The van der Waals surface area contributed by atoms with Crippen LogP contribution in [0.1, 0.15) is 48.9 Å². The third kappa shape index (κ3) is 2.75. The molecule has 0 atom stereocenters. The van der Waals surface area contributed by atoms with Crippen LogP contribution in [0.3, 0.4) is 0 Å². The van der Waals surface area contributed by atoms with Crippen molar-refractivity contribution in [2.45, 2.75) is 44.1 Å². The Morgan fingerprint density at radius 3 is 2.19 bits per heavy atom. The topological polar surface area (TPSA) is 29.1 Å². The van der Waals surface area contributed by atoms with Crippen molar-refractivity contribution in [1.82, 2.24) is 5.32 Å². The average Bonchev–Trinajstić information content (AvgIpc) is 2.39. The van der Waals surface area contributed by atoms with Gasteiger partial charge in [0.1, 0.15) is 0 Å². The predicted octanol–water partition coefficient (Wildman–Crippen LogP) is 4.59. The second-order valence-electron chi connectivity index (χ2n) is 7.28. The summed E-state index contributed by atoms with van der Waals surface area (Å²) in [6.07, 6.45) is 7.88. The quantitative estimate of drug-likeness (QED) is 0.584. The van der Waals surface area contributed by atoms with Gasteiger partial charge in [0.05, 0.1) is 5.56 Å². The molecular formula is C17H19I2NO. The molecule has 4 aliphatic carbocycles. The van der Waals surface area contributed by atoms with E-state index < -0.39 is 0 Å². The van der Waals surface area contributed by atoms with E-state index in [0.29, 0.717) is 0 Å². The molecule has 0 radical (unpaired) electrons. The van der Waals surface area contributed by atoms with Crippen molar-refractivity contribution >= 4 is 51.1 Å². The summed E-state index contributed by atoms with van der Waals surface area (Å²) in [5.74, 6) is 2.74. The lowest BCUT2D eigenvalue weighted by atomic mass is 9.53. The van der Waals surface area contributed by atoms with Gasteiger partial charge in [-0.15, -0.1) is 0 Å². The van der Waals surface area contributed by atoms with Crippen LogP contribution in [-0.2, 0) is 0 Å². The highest BCUT2D eigenvalue weighted by molar-refractivity contribution is 14.1. The first-order chi connectivity index (χ1) is 10.0. The molecule has 4 fully saturated rings. The maximum Gasteiger partial charge on any atom is 0.252 e. The Kier molecular flexibility index (Phi) is 3.75. The third-order valence-electron chi connectivity index (χ3n) is 5.59. The number of halogens is 2. The minimum atomic E-state index is 0.107. The summed E-state index contributed by atoms with van der Waals surface area (Å²) in [5.41, 5.74) is 0.953. The number of carbonyl (C=O) groups excluding carboxylic acids is 1. The lowest BCUT2D eigenvalue weighted by molar-refractivity contribution is -0.0167. The van der Waals surface area contributed by atoms with Crippen LogP contribution in [-0.4, -0.2) is 11.4 Å². The summed E-state index contributed by atoms with van der Waals surface area (Å²) >= 11 is 4.55. The predicted molar refractivity (Wildman–Crippen MR) is 100 cm³/mol. The first-order valence-electron chi connectivity index (χ1n) is 7.81. The summed E-state index contributed by atoms with van der Waals surface area (Å²) in [5, 5.41) is 3.46. The highest BCUT2D eigenvalue weighted by atomic mass is 127. The molecule has 1 aromatic rings. The van der Waals surface area contributed by atoms with E-state index in [1.54, 1.807) is 0 Å². The molecule has 1 amide bonds. The molecule has 0 aliphatic heterocycles. The molecule has 4 bridgehead atoms. The van der Waals surface area contributed by atoms with Crippen LogP contribution in [0.15, 0.2) is 18.2 Å². The van der Waals surface area contributed by atoms with Crippen molar-refractivity contribution in [1.29, 1.82) is 0 Å². The third-order valence-corrected chi connectivity index (χ3v) is 7.20. The molecule has 1 N–H and O–H groups in total. The molecule has 5 rings (SSSR count). The van der Waals surface area contributed by atoms with Crippen LogP contribution in [0, 0.1) is 24.9 Å². The van der Waals surface area contributed by atoms with Gasteiger partial charge in [0, 0.05) is 12.7 Å². The van der Waals surface area contributed by atoms with Crippen molar-refractivity contribution in [2.75, 3.05) is 0 Å². The van der Waals surface area contributed by atoms with E-state index in [1.807, 2.05) is 12.1 Å². The number of nitrogens with one attached hydrogen (secondary N) is 1. The minimum Gasteiger partial charge on any atom is -0.347 e. The largest absolute Gasteiger partial charge is 0.347 e. The van der Waals surface area contributed by atoms with E-state index in [1.165, 1.54) is 38.5 Å². The smallest absolute Gasteiger partial charge is 0.252 e. The molecule has 2 nitrogen and oxygen atoms in total. The lowest BCUT2D eigenvalue weighted by Crippen LogP contribution is -2.59. The Hall–Kier alpha value is 0.150. The van der Waals surface area contributed by atoms with E-state index in [2.05, 4.69) is 56.6 Å². The molecule has 0 saturated heterocycles. The monoisotopic (exact) mass is 507 g/mol. The minimum absolute atomic E-state index is 0.107. The summed E-state index contributed by atoms with van der Waals surface area (Å²) in [6.45, 7) is 0. The number of benzene rings is 1. The molecule has 112 valence electrons. The van der Waals surface area contributed by atoms with Gasteiger partial charge >= 0.3 is 0 Å². The van der Waals surface area contributed by atoms with E-state index >= 15 is 0 Å². The summed E-state index contributed by atoms with van der Waals surface area (Å²) in [6, 6.07) is 6.11. The van der Waals surface area contributed by atoms with Gasteiger partial charge < -0.3 is 5.32 Å². The van der Waals surface area contributed by atoms with Crippen molar-refractivity contribution in [3.8, 4) is 0 Å². The van der Waals surface area contributed by atoms with Crippen LogP contribution in [0.5, 0.6) is 0 Å². The molecule has 4 aliphatic rings. The second-order valence-corrected chi connectivity index (χ2v) is 9.68. The van der Waals surface area contributed by atoms with Crippen LogP contribution >= 0.6 is 45.2 Å². The number of hydrogen-bond donors (Lipinski definition) is 1. The van der Waals surface area contributed by atoms with Gasteiger partial charge in [0.2, 0.25) is 0 Å². The highest BCUT2D eigenvalue weighted by Gasteiger charge is 2.51. The Morgan fingerprint density at radius 2 is 1.62 bits per heavy atom. The first kappa shape index (κ1) is 14.7. The molecule has 0 heterocycles. The zero-order valence-corrected chi connectivity index (χ0v) is 16.2. The molecule has 21 heavy (non-hydrogen) atoms. The first-order valence-corrected chi connectivity index (χ1v) is 9.96. The zero-order chi connectivity index (χ0) is 14.6. The van der Waals surface area contributed by atoms with Gasteiger partial charge in [0.25, 0.3) is 5.91 Å². The van der Waals surface area contributed by atoms with Crippen molar-refractivity contribution in [3.05, 3.63) is 30.9 Å². The average molecular weight is 507 g/mol. The normalized spacial score (nSPS) is 36.8. The summed E-state index contributed by atoms with van der Waals surface area (Å²) in [4.78, 5) is 12.8. The summed E-state index contributed by atoms with van der Waals surface area (Å²) in [7, 11) is 0. The Balaban J connectivity index is 1.58. The van der Waals surface area contributed by atoms with Crippen molar-refractivity contribution < 1.29 is 4.79 Å². The van der Waals surface area contributed by atoms with Crippen LogP contribution in [0.25, 0.3) is 0 Å². The molecular weight excluding hydrogens is 488 g/mol. The van der Waals surface area contributed by atoms with Crippen LogP contribution < -0.4 is 5.32 Å². The fraction of sp³-hybridized carbons (Fsp3) is 0.588. The van der Waals surface area contributed by atoms with E-state index in [4.69, 9.17) is 0 Å². The molecule has 0 spiro atoms. The van der Waals surface area contributed by atoms with Gasteiger partial charge in [-0.2, -0.15) is 0 Å². The molecule has 4 saturated carbocycles. The van der Waals surface area contributed by atoms with Gasteiger partial charge in [-0.3, -0.25) is 4.79 Å². The van der Waals surface area contributed by atoms with Gasteiger partial charge in [-0.1, -0.05) is 0 Å². The Labute approximate surface area is 153 Å². The summed E-state index contributed by atoms with van der Waals surface area (Å²) < 4.78 is 2.18. The van der Waals surface area contributed by atoms with Gasteiger partial charge in [0.15, 0.2) is 0 Å². The van der Waals surface area contributed by atoms with Crippen molar-refractivity contribution in [3.63, 3.8) is 0 Å². The Bertz CT molecular complexity index is 563. The van der Waals surface area contributed by atoms with E-state index in [-0.39, 0.29) is 11.4 Å². The number of carbonyl (C=O) groups is 1. The SMILES string of the molecule is O=C(NC12CC3CC(CC(C3)C1)C2)c1cc(I)ccc1I. The Morgan fingerprint density at radius 1 is 1.05 bits per heavy atom. The maximum absolute atomic E-state index is 12.8. The number of hydrogen-bond acceptors (Lipinski definition) is 1. The fourth-order valence-corrected chi connectivity index (χ4v) is 6.32. The molecule has 1 aromatic carbocycles. The highest BCUT2D eigenvalue weighted by Crippen LogP contribution is 2.55. The number of amides is 1. The number of rotatable bonds is 2. The van der Waals surface area contributed by atoms with Crippen LogP contribution in [0.4, 0.5) is 0 Å². The fourth-order valence-electron chi connectivity index (χ4n) is 5.24. The van der Waals surface area contributed by atoms with Gasteiger partial charge in [-0.05, 0) is 120 Å². The molecule has 0 aromatic heterocycles. The zero-order valence-electron chi connectivity index (χ0n) is 11.9. The van der Waals surface area contributed by atoms with Crippen molar-refractivity contribution in [2.24, 2.45) is 17.8 Å². The van der Waals surface area contributed by atoms with E-state index in [0.717, 1.165) is 30.5 Å². The van der Waals surface area contributed by atoms with Crippen LogP contribution in [0.2, 0.25) is 0 Å². The van der Waals surface area contributed by atoms with Gasteiger partial charge in [-0.25, -0.2) is 0 Å². The van der Waals surface area contributed by atoms with E-state index in [9.17, 15) is 4.79 Å². The molecule has 0 unspecified atom stereocenters. The molecule has 4 heteroatoms. The maximum atomic E-state index is 12.8. The standard InChI is InChI=1S/C17H19I2NO/c18-13-1-2-15(19)14(6-13)16(21)20-17-7-10-3-11(8-17)5-12(4-10)9-17/h1-2,6,10-12H,3-5,7-9H2,(H,20,21). The second kappa shape index (κ2) is 5.35.